The number of carbonyl (C=O) groups is 1. The summed E-state index contributed by atoms with van der Waals surface area (Å²) in [4.78, 5) is 11.2. The molecule has 0 saturated heterocycles. The summed E-state index contributed by atoms with van der Waals surface area (Å²) in [6.07, 6.45) is 10.3. The van der Waals surface area contributed by atoms with Gasteiger partial charge >= 0.3 is 5.97 Å². The maximum Gasteiger partial charge on any atom is 0.331 e. The van der Waals surface area contributed by atoms with Gasteiger partial charge in [0.15, 0.2) is 0 Å². The molecule has 0 bridgehead atoms. The average Bonchev–Trinajstić information content (AvgIpc) is 2.95. The van der Waals surface area contributed by atoms with Crippen LogP contribution in [0.3, 0.4) is 0 Å². The lowest BCUT2D eigenvalue weighted by molar-refractivity contribution is -0.132. The van der Waals surface area contributed by atoms with Crippen LogP contribution in [0.5, 0.6) is 0 Å². The van der Waals surface area contributed by atoms with Crippen LogP contribution >= 0.6 is 0 Å². The van der Waals surface area contributed by atoms with Crippen molar-refractivity contribution in [1.82, 2.24) is 0 Å². The highest BCUT2D eigenvalue weighted by Gasteiger charge is 2.22. The summed E-state index contributed by atoms with van der Waals surface area (Å²) in [5.74, 6) is -0.853. The minimum absolute atomic E-state index is 0.156. The lowest BCUT2D eigenvalue weighted by atomic mass is 9.77. The molecule has 2 nitrogen and oxygen atoms in total. The van der Waals surface area contributed by atoms with Gasteiger partial charge in [0.05, 0.1) is 0 Å². The topological polar surface area (TPSA) is 37.3 Å². The lowest BCUT2D eigenvalue weighted by Crippen LogP contribution is -2.18. The Bertz CT molecular complexity index is 971. The van der Waals surface area contributed by atoms with Gasteiger partial charge < -0.3 is 5.11 Å². The van der Waals surface area contributed by atoms with Gasteiger partial charge in [-0.25, -0.2) is 4.79 Å². The molecule has 29 heavy (non-hydrogen) atoms. The Hall–Kier alpha value is -2.61. The van der Waals surface area contributed by atoms with Gasteiger partial charge in [0, 0.05) is 5.57 Å². The van der Waals surface area contributed by atoms with Crippen molar-refractivity contribution in [2.45, 2.75) is 66.2 Å². The van der Waals surface area contributed by atoms with Crippen molar-refractivity contribution in [1.29, 1.82) is 0 Å². The van der Waals surface area contributed by atoms with Crippen LogP contribution in [0.1, 0.15) is 70.6 Å². The first-order valence-corrected chi connectivity index (χ1v) is 10.7. The zero-order valence-corrected chi connectivity index (χ0v) is 18.7. The minimum Gasteiger partial charge on any atom is -0.478 e. The second-order valence-corrected chi connectivity index (χ2v) is 8.09. The van der Waals surface area contributed by atoms with Crippen molar-refractivity contribution in [3.05, 3.63) is 76.9 Å². The maximum atomic E-state index is 11.2. The number of aliphatic carboxylic acids is 1. The molecule has 0 atom stereocenters. The fourth-order valence-corrected chi connectivity index (χ4v) is 4.06. The zero-order valence-electron chi connectivity index (χ0n) is 18.7. The van der Waals surface area contributed by atoms with Gasteiger partial charge in [0.25, 0.3) is 0 Å². The van der Waals surface area contributed by atoms with Crippen LogP contribution in [0.25, 0.3) is 16.3 Å². The van der Waals surface area contributed by atoms with E-state index in [1.165, 1.54) is 28.3 Å². The van der Waals surface area contributed by atoms with Crippen molar-refractivity contribution in [3.8, 4) is 0 Å². The van der Waals surface area contributed by atoms with Crippen LogP contribution in [0.4, 0.5) is 0 Å². The SMILES string of the molecule is CC.CCCC(C)(C)c1cc2cc(C3=CC=C(C(=O)O)CC=C3)ccc2cc1C. The number of hydrogen-bond donors (Lipinski definition) is 1. The van der Waals surface area contributed by atoms with E-state index in [4.69, 9.17) is 0 Å². The summed E-state index contributed by atoms with van der Waals surface area (Å²) in [5.41, 5.74) is 5.49. The van der Waals surface area contributed by atoms with Crippen LogP contribution in [0, 0.1) is 6.92 Å². The average molecular weight is 391 g/mol. The molecule has 1 N–H and O–H groups in total. The van der Waals surface area contributed by atoms with Gasteiger partial charge in [-0.15, -0.1) is 0 Å². The summed E-state index contributed by atoms with van der Waals surface area (Å²) >= 11 is 0. The van der Waals surface area contributed by atoms with E-state index in [0.717, 1.165) is 17.6 Å². The molecule has 1 aliphatic carbocycles. The molecular weight excluding hydrogens is 356 g/mol. The lowest BCUT2D eigenvalue weighted by Gasteiger charge is -2.27. The Morgan fingerprint density at radius 3 is 2.45 bits per heavy atom. The number of allylic oxidation sites excluding steroid dienone is 5. The number of carboxylic acids is 1. The quantitative estimate of drug-likeness (QED) is 0.570. The van der Waals surface area contributed by atoms with E-state index in [1.807, 2.05) is 32.1 Å². The first-order chi connectivity index (χ1) is 13.8. The van der Waals surface area contributed by atoms with Crippen molar-refractivity contribution >= 4 is 22.3 Å². The zero-order chi connectivity index (χ0) is 21.6. The second-order valence-electron chi connectivity index (χ2n) is 8.09. The molecule has 154 valence electrons. The largest absolute Gasteiger partial charge is 0.478 e. The number of aryl methyl sites for hydroxylation is 1. The standard InChI is InChI=1S/C25H28O2.C2H6/c1-5-13-25(3,4)23-16-22-15-21(12-11-20(22)14-17(23)2)18-7-6-8-19(10-9-18)24(26)27;1-2/h6-7,9-12,14-16H,5,8,13H2,1-4H3,(H,26,27);1-2H3. The Kier molecular flexibility index (Phi) is 7.61. The molecule has 0 aromatic heterocycles. The molecule has 1 aliphatic rings. The Morgan fingerprint density at radius 2 is 1.79 bits per heavy atom. The fourth-order valence-electron chi connectivity index (χ4n) is 4.06. The number of rotatable bonds is 5. The Balaban J connectivity index is 0.00000145. The van der Waals surface area contributed by atoms with E-state index >= 15 is 0 Å². The highest BCUT2D eigenvalue weighted by Crippen LogP contribution is 2.34. The van der Waals surface area contributed by atoms with E-state index in [-0.39, 0.29) is 5.41 Å². The molecule has 0 unspecified atom stereocenters. The van der Waals surface area contributed by atoms with Crippen LogP contribution in [-0.4, -0.2) is 11.1 Å². The van der Waals surface area contributed by atoms with Gasteiger partial charge in [-0.2, -0.15) is 0 Å². The number of fused-ring (bicyclic) bond motifs is 1. The molecular formula is C27H34O2. The van der Waals surface area contributed by atoms with E-state index in [2.05, 4.69) is 58.0 Å². The normalized spacial score (nSPS) is 13.9. The summed E-state index contributed by atoms with van der Waals surface area (Å²) in [6.45, 7) is 13.1. The first kappa shape index (κ1) is 22.7. The minimum atomic E-state index is -0.853. The molecule has 3 rings (SSSR count). The summed E-state index contributed by atoms with van der Waals surface area (Å²) in [6, 6.07) is 11.1. The Labute approximate surface area is 175 Å². The summed E-state index contributed by atoms with van der Waals surface area (Å²) in [5, 5.41) is 11.7. The third-order valence-corrected chi connectivity index (χ3v) is 5.49. The number of benzene rings is 2. The van der Waals surface area contributed by atoms with Gasteiger partial charge in [0.1, 0.15) is 0 Å². The molecule has 0 saturated carbocycles. The fraction of sp³-hybridized carbons (Fsp3) is 0.370. The third-order valence-electron chi connectivity index (χ3n) is 5.49. The molecule has 2 aromatic rings. The Morgan fingerprint density at radius 1 is 1.07 bits per heavy atom. The molecule has 0 fully saturated rings. The van der Waals surface area contributed by atoms with Crippen molar-refractivity contribution < 1.29 is 9.90 Å². The molecule has 0 aliphatic heterocycles. The molecule has 0 radical (unpaired) electrons. The number of hydrogen-bond acceptors (Lipinski definition) is 1. The summed E-state index contributed by atoms with van der Waals surface area (Å²) < 4.78 is 0. The van der Waals surface area contributed by atoms with Crippen molar-refractivity contribution in [3.63, 3.8) is 0 Å². The molecule has 0 heterocycles. The predicted molar refractivity (Wildman–Crippen MR) is 125 cm³/mol. The summed E-state index contributed by atoms with van der Waals surface area (Å²) in [7, 11) is 0. The van der Waals surface area contributed by atoms with Crippen LogP contribution in [0.15, 0.2) is 60.2 Å². The van der Waals surface area contributed by atoms with Crippen LogP contribution < -0.4 is 0 Å². The van der Waals surface area contributed by atoms with Gasteiger partial charge in [-0.1, -0.05) is 89.6 Å². The third kappa shape index (κ3) is 5.26. The van der Waals surface area contributed by atoms with Crippen LogP contribution in [-0.2, 0) is 10.2 Å². The van der Waals surface area contributed by atoms with E-state index in [0.29, 0.717) is 12.0 Å². The first-order valence-electron chi connectivity index (χ1n) is 10.7. The monoisotopic (exact) mass is 390 g/mol. The van der Waals surface area contributed by atoms with Gasteiger partial charge in [0.2, 0.25) is 0 Å². The van der Waals surface area contributed by atoms with E-state index < -0.39 is 5.97 Å². The smallest absolute Gasteiger partial charge is 0.331 e. The van der Waals surface area contributed by atoms with E-state index in [9.17, 15) is 9.90 Å². The van der Waals surface area contributed by atoms with Gasteiger partial charge in [-0.05, 0) is 64.3 Å². The molecule has 0 spiro atoms. The van der Waals surface area contributed by atoms with Gasteiger partial charge in [-0.3, -0.25) is 0 Å². The van der Waals surface area contributed by atoms with Crippen molar-refractivity contribution in [2.24, 2.45) is 0 Å². The molecule has 0 amide bonds. The number of carboxylic acid groups (broad SMARTS) is 1. The highest BCUT2D eigenvalue weighted by atomic mass is 16.4. The van der Waals surface area contributed by atoms with Crippen LogP contribution in [0.2, 0.25) is 0 Å². The maximum absolute atomic E-state index is 11.2. The highest BCUT2D eigenvalue weighted by molar-refractivity contribution is 5.91. The predicted octanol–water partition coefficient (Wildman–Crippen LogP) is 7.61. The molecule has 2 aromatic carbocycles. The van der Waals surface area contributed by atoms with E-state index in [1.54, 1.807) is 6.08 Å². The second kappa shape index (κ2) is 9.73. The molecule has 2 heteroatoms. The van der Waals surface area contributed by atoms with Crippen molar-refractivity contribution in [2.75, 3.05) is 0 Å².